The van der Waals surface area contributed by atoms with Crippen molar-refractivity contribution in [3.8, 4) is 0 Å². The summed E-state index contributed by atoms with van der Waals surface area (Å²) in [5, 5.41) is 3.63. The van der Waals surface area contributed by atoms with Crippen molar-refractivity contribution in [2.45, 2.75) is 44.2 Å². The van der Waals surface area contributed by atoms with Crippen LogP contribution in [-0.2, 0) is 11.3 Å². The number of thioether (sulfide) groups is 1. The Morgan fingerprint density at radius 3 is 3.04 bits per heavy atom. The summed E-state index contributed by atoms with van der Waals surface area (Å²) < 4.78 is 15.5. The van der Waals surface area contributed by atoms with Gasteiger partial charge in [0.25, 0.3) is 5.56 Å². The van der Waals surface area contributed by atoms with Crippen LogP contribution in [-0.4, -0.2) is 21.2 Å². The minimum Gasteiger partial charge on any atom is -0.349 e. The van der Waals surface area contributed by atoms with Gasteiger partial charge in [0.15, 0.2) is 0 Å². The topological polar surface area (TPSA) is 64.0 Å². The highest BCUT2D eigenvalue weighted by Gasteiger charge is 2.24. The molecule has 2 aromatic heterocycles. The summed E-state index contributed by atoms with van der Waals surface area (Å²) in [6, 6.07) is 4.78. The van der Waals surface area contributed by atoms with Crippen LogP contribution in [0.3, 0.4) is 0 Å². The van der Waals surface area contributed by atoms with Crippen LogP contribution in [0.4, 0.5) is 4.39 Å². The Hall–Kier alpha value is -2.19. The molecule has 1 aromatic carbocycles. The van der Waals surface area contributed by atoms with E-state index in [0.29, 0.717) is 10.3 Å². The summed E-state index contributed by atoms with van der Waals surface area (Å²) in [6.45, 7) is 4.16. The number of halogens is 1. The van der Waals surface area contributed by atoms with Gasteiger partial charge >= 0.3 is 0 Å². The third-order valence-corrected chi connectivity index (χ3v) is 7.37. The van der Waals surface area contributed by atoms with E-state index in [1.165, 1.54) is 40.1 Å². The van der Waals surface area contributed by atoms with E-state index < -0.39 is 0 Å². The number of fused-ring (bicyclic) bond motifs is 2. The fourth-order valence-electron chi connectivity index (χ4n) is 3.45. The van der Waals surface area contributed by atoms with Crippen molar-refractivity contribution in [3.05, 3.63) is 56.7 Å². The zero-order valence-electron chi connectivity index (χ0n) is 15.6. The van der Waals surface area contributed by atoms with Gasteiger partial charge in [0.05, 0.1) is 17.8 Å². The first-order valence-electron chi connectivity index (χ1n) is 9.11. The molecule has 3 aromatic rings. The normalized spacial score (nSPS) is 16.2. The van der Waals surface area contributed by atoms with Crippen LogP contribution >= 0.6 is 23.1 Å². The van der Waals surface area contributed by atoms with E-state index in [1.54, 1.807) is 6.07 Å². The van der Waals surface area contributed by atoms with E-state index in [1.807, 2.05) is 19.9 Å². The number of nitrogens with one attached hydrogen (secondary N) is 1. The van der Waals surface area contributed by atoms with E-state index in [-0.39, 0.29) is 36.3 Å². The zero-order chi connectivity index (χ0) is 19.8. The molecule has 0 fully saturated rings. The molecule has 3 heterocycles. The maximum absolute atomic E-state index is 14.0. The number of carbonyl (C=O) groups is 1. The molecule has 1 N–H and O–H groups in total. The number of nitrogens with zero attached hydrogens (tertiary/aromatic N) is 2. The van der Waals surface area contributed by atoms with Gasteiger partial charge in [-0.3, -0.25) is 14.2 Å². The molecule has 0 saturated carbocycles. The molecule has 1 unspecified atom stereocenters. The molecule has 1 aliphatic heterocycles. The lowest BCUT2D eigenvalue weighted by atomic mass is 10.0. The van der Waals surface area contributed by atoms with Crippen LogP contribution < -0.4 is 10.9 Å². The predicted molar refractivity (Wildman–Crippen MR) is 111 cm³/mol. The number of hydrogen-bond acceptors (Lipinski definition) is 5. The number of aromatic nitrogens is 2. The number of thiophene rings is 1. The predicted octanol–water partition coefficient (Wildman–Crippen LogP) is 3.96. The standard InChI is InChI=1S/C20H20FN3O2S2/c1-11-12(2)28-19-17(11)20(26)24(10-22-19)8-6-16(25)23-15-7-9-27-18-13(15)4-3-5-14(18)21/h3-5,10,15H,6-9H2,1-2H3,(H,23,25). The molecule has 1 aliphatic rings. The first-order chi connectivity index (χ1) is 13.5. The minimum absolute atomic E-state index is 0.110. The highest BCUT2D eigenvalue weighted by atomic mass is 32.2. The smallest absolute Gasteiger partial charge is 0.262 e. The van der Waals surface area contributed by atoms with E-state index in [0.717, 1.165) is 33.0 Å². The highest BCUT2D eigenvalue weighted by Crippen LogP contribution is 2.37. The number of hydrogen-bond donors (Lipinski definition) is 1. The summed E-state index contributed by atoms with van der Waals surface area (Å²) in [6.07, 6.45) is 2.44. The molecule has 0 aliphatic carbocycles. The molecular weight excluding hydrogens is 397 g/mol. The second-order valence-electron chi connectivity index (χ2n) is 6.87. The van der Waals surface area contributed by atoms with Gasteiger partial charge in [-0.05, 0) is 37.5 Å². The number of carbonyl (C=O) groups excluding carboxylic acids is 1. The monoisotopic (exact) mass is 417 g/mol. The molecule has 28 heavy (non-hydrogen) atoms. The molecule has 0 saturated heterocycles. The Balaban J connectivity index is 1.47. The quantitative estimate of drug-likeness (QED) is 0.698. The first kappa shape index (κ1) is 19.1. The van der Waals surface area contributed by atoms with Crippen LogP contribution in [0.2, 0.25) is 0 Å². The molecule has 0 radical (unpaired) electrons. The summed E-state index contributed by atoms with van der Waals surface area (Å²) in [7, 11) is 0. The Morgan fingerprint density at radius 2 is 2.21 bits per heavy atom. The van der Waals surface area contributed by atoms with Crippen molar-refractivity contribution >= 4 is 39.2 Å². The second-order valence-corrected chi connectivity index (χ2v) is 9.18. The van der Waals surface area contributed by atoms with Crippen molar-refractivity contribution in [1.29, 1.82) is 0 Å². The average molecular weight is 418 g/mol. The van der Waals surface area contributed by atoms with Crippen molar-refractivity contribution < 1.29 is 9.18 Å². The second kappa shape index (κ2) is 7.67. The van der Waals surface area contributed by atoms with Gasteiger partial charge in [0.2, 0.25) is 5.91 Å². The molecule has 146 valence electrons. The van der Waals surface area contributed by atoms with Crippen LogP contribution in [0.25, 0.3) is 10.2 Å². The van der Waals surface area contributed by atoms with Crippen LogP contribution in [0.5, 0.6) is 0 Å². The van der Waals surface area contributed by atoms with Gasteiger partial charge in [-0.2, -0.15) is 0 Å². The van der Waals surface area contributed by atoms with Crippen LogP contribution in [0, 0.1) is 19.7 Å². The molecule has 4 rings (SSSR count). The fraction of sp³-hybridized carbons (Fsp3) is 0.350. The lowest BCUT2D eigenvalue weighted by molar-refractivity contribution is -0.122. The molecule has 0 spiro atoms. The summed E-state index contributed by atoms with van der Waals surface area (Å²) in [4.78, 5) is 32.0. The van der Waals surface area contributed by atoms with Crippen molar-refractivity contribution in [1.82, 2.24) is 14.9 Å². The number of benzene rings is 1. The third kappa shape index (κ3) is 3.46. The maximum Gasteiger partial charge on any atom is 0.262 e. The van der Waals surface area contributed by atoms with E-state index in [9.17, 15) is 14.0 Å². The SMILES string of the molecule is Cc1sc2ncn(CCC(=O)NC3CCSc4c(F)cccc43)c(=O)c2c1C. The van der Waals surface area contributed by atoms with Crippen molar-refractivity contribution in [2.24, 2.45) is 0 Å². The van der Waals surface area contributed by atoms with Gasteiger partial charge < -0.3 is 5.32 Å². The Morgan fingerprint density at radius 1 is 1.39 bits per heavy atom. The summed E-state index contributed by atoms with van der Waals surface area (Å²) in [5.41, 5.74) is 1.67. The van der Waals surface area contributed by atoms with Crippen LogP contribution in [0.1, 0.15) is 34.9 Å². The molecule has 1 atom stereocenters. The molecule has 1 amide bonds. The lowest BCUT2D eigenvalue weighted by Crippen LogP contribution is -2.32. The number of aryl methyl sites for hydroxylation is 3. The maximum atomic E-state index is 14.0. The van der Waals surface area contributed by atoms with E-state index >= 15 is 0 Å². The number of rotatable bonds is 4. The molecule has 0 bridgehead atoms. The lowest BCUT2D eigenvalue weighted by Gasteiger charge is -2.26. The van der Waals surface area contributed by atoms with Gasteiger partial charge in [-0.1, -0.05) is 12.1 Å². The summed E-state index contributed by atoms with van der Waals surface area (Å²) in [5.74, 6) is 0.363. The Labute approximate surface area is 170 Å². The first-order valence-corrected chi connectivity index (χ1v) is 10.9. The van der Waals surface area contributed by atoms with Gasteiger partial charge in [-0.15, -0.1) is 23.1 Å². The summed E-state index contributed by atoms with van der Waals surface area (Å²) >= 11 is 2.99. The molecule has 5 nitrogen and oxygen atoms in total. The average Bonchev–Trinajstić information content (AvgIpc) is 2.97. The Kier molecular flexibility index (Phi) is 5.25. The minimum atomic E-state index is -0.242. The van der Waals surface area contributed by atoms with Crippen LogP contribution in [0.15, 0.2) is 34.2 Å². The fourth-order valence-corrected chi connectivity index (χ4v) is 5.58. The van der Waals surface area contributed by atoms with Crippen molar-refractivity contribution in [3.63, 3.8) is 0 Å². The Bertz CT molecular complexity index is 1120. The molecule has 8 heteroatoms. The van der Waals surface area contributed by atoms with Gasteiger partial charge in [-0.25, -0.2) is 9.37 Å². The third-order valence-electron chi connectivity index (χ3n) is 5.10. The van der Waals surface area contributed by atoms with Crippen molar-refractivity contribution in [2.75, 3.05) is 5.75 Å². The zero-order valence-corrected chi connectivity index (χ0v) is 17.3. The van der Waals surface area contributed by atoms with Gasteiger partial charge in [0.1, 0.15) is 10.6 Å². The van der Waals surface area contributed by atoms with Gasteiger partial charge in [0, 0.05) is 28.5 Å². The van der Waals surface area contributed by atoms with E-state index in [2.05, 4.69) is 10.3 Å². The largest absolute Gasteiger partial charge is 0.349 e. The van der Waals surface area contributed by atoms with E-state index in [4.69, 9.17) is 0 Å². The highest BCUT2D eigenvalue weighted by molar-refractivity contribution is 7.99. The molecular formula is C20H20FN3O2S2. The number of amides is 1.